The summed E-state index contributed by atoms with van der Waals surface area (Å²) in [5, 5.41) is -0.712. The van der Waals surface area contributed by atoms with Crippen molar-refractivity contribution in [2.45, 2.75) is 27.6 Å². The standard InChI is InChI=1S/C33H20F6N2O12S2/c1-50-19-5-9-21(10-6-19)54(46,47)52-40-27(42)23-13-3-17(15-25(23)29(40)44)31(32(34,35)36,33(37,38)39)18-4-14-24-26(16-18)30(45)41(28(24)43)53-55(48,49)22-11-7-20(51-2)8-12-22/h3-16H,1-2H3. The fourth-order valence-electron chi connectivity index (χ4n) is 5.79. The van der Waals surface area contributed by atoms with E-state index in [4.69, 9.17) is 9.47 Å². The lowest BCUT2D eigenvalue weighted by molar-refractivity contribution is -0.288. The number of rotatable bonds is 10. The number of hydrogen-bond acceptors (Lipinski definition) is 12. The van der Waals surface area contributed by atoms with Crippen LogP contribution in [-0.2, 0) is 34.2 Å². The Morgan fingerprint density at radius 2 is 0.782 bits per heavy atom. The number of hydroxylamine groups is 4. The molecule has 0 saturated heterocycles. The zero-order valence-corrected chi connectivity index (χ0v) is 29.1. The van der Waals surface area contributed by atoms with Gasteiger partial charge in [0.25, 0.3) is 23.6 Å². The van der Waals surface area contributed by atoms with Gasteiger partial charge in [-0.25, -0.2) is 0 Å². The molecule has 0 unspecified atom stereocenters. The average molecular weight is 815 g/mol. The second kappa shape index (κ2) is 13.2. The molecule has 288 valence electrons. The first-order valence-corrected chi connectivity index (χ1v) is 17.8. The number of halogens is 6. The minimum Gasteiger partial charge on any atom is -0.497 e. The van der Waals surface area contributed by atoms with Gasteiger partial charge in [-0.05, 0) is 83.9 Å². The van der Waals surface area contributed by atoms with Crippen molar-refractivity contribution in [1.82, 2.24) is 10.1 Å². The Morgan fingerprint density at radius 1 is 0.473 bits per heavy atom. The highest BCUT2D eigenvalue weighted by molar-refractivity contribution is 7.87. The third-order valence-corrected chi connectivity index (χ3v) is 10.8. The molecule has 14 nitrogen and oxygen atoms in total. The van der Waals surface area contributed by atoms with E-state index in [0.29, 0.717) is 12.1 Å². The summed E-state index contributed by atoms with van der Waals surface area (Å²) < 4.78 is 161. The van der Waals surface area contributed by atoms with Gasteiger partial charge in [-0.3, -0.25) is 19.2 Å². The predicted octanol–water partition coefficient (Wildman–Crippen LogP) is 4.95. The zero-order valence-electron chi connectivity index (χ0n) is 27.5. The van der Waals surface area contributed by atoms with Gasteiger partial charge in [0.05, 0.1) is 46.3 Å². The number of imide groups is 2. The smallest absolute Gasteiger partial charge is 0.411 e. The van der Waals surface area contributed by atoms with Crippen molar-refractivity contribution < 1.29 is 80.4 Å². The largest absolute Gasteiger partial charge is 0.497 e. The van der Waals surface area contributed by atoms with Gasteiger partial charge in [-0.15, -0.1) is 18.7 Å². The highest BCUT2D eigenvalue weighted by Gasteiger charge is 2.73. The van der Waals surface area contributed by atoms with Crippen LogP contribution in [0.25, 0.3) is 0 Å². The van der Waals surface area contributed by atoms with Gasteiger partial charge in [0.1, 0.15) is 11.5 Å². The third-order valence-electron chi connectivity index (χ3n) is 8.46. The monoisotopic (exact) mass is 814 g/mol. The topological polar surface area (TPSA) is 180 Å². The summed E-state index contributed by atoms with van der Waals surface area (Å²) >= 11 is 0. The van der Waals surface area contributed by atoms with Crippen LogP contribution in [0.1, 0.15) is 52.6 Å². The first kappa shape index (κ1) is 38.9. The third kappa shape index (κ3) is 6.25. The summed E-state index contributed by atoms with van der Waals surface area (Å²) in [5.41, 5.74) is -12.4. The fourth-order valence-corrected chi connectivity index (χ4v) is 7.56. The second-order valence-electron chi connectivity index (χ2n) is 11.5. The van der Waals surface area contributed by atoms with Crippen LogP contribution in [0.3, 0.4) is 0 Å². The number of fused-ring (bicyclic) bond motifs is 2. The van der Waals surface area contributed by atoms with Crippen molar-refractivity contribution in [3.05, 3.63) is 118 Å². The normalized spacial score (nSPS) is 15.1. The SMILES string of the molecule is COc1ccc(S(=O)(=O)ON2C(=O)c3ccc(C(c4ccc5c(c4)C(=O)N(OS(=O)(=O)c4ccc(OC)cc4)C5=O)(C(F)(F)F)C(F)(F)F)cc3C2=O)cc1. The van der Waals surface area contributed by atoms with Gasteiger partial charge < -0.3 is 9.47 Å². The van der Waals surface area contributed by atoms with E-state index in [2.05, 4.69) is 8.57 Å². The molecule has 0 atom stereocenters. The van der Waals surface area contributed by atoms with Crippen molar-refractivity contribution in [1.29, 1.82) is 0 Å². The number of methoxy groups -OCH3 is 2. The number of hydrogen-bond donors (Lipinski definition) is 0. The van der Waals surface area contributed by atoms with E-state index in [1.54, 1.807) is 0 Å². The first-order chi connectivity index (χ1) is 25.6. The van der Waals surface area contributed by atoms with Gasteiger partial charge >= 0.3 is 32.6 Å². The summed E-state index contributed by atoms with van der Waals surface area (Å²) in [7, 11) is -7.41. The van der Waals surface area contributed by atoms with Crippen LogP contribution in [-0.4, -0.2) is 77.2 Å². The number of ether oxygens (including phenoxy) is 2. The van der Waals surface area contributed by atoms with E-state index >= 15 is 26.3 Å². The first-order valence-electron chi connectivity index (χ1n) is 15.0. The van der Waals surface area contributed by atoms with Gasteiger partial charge in [0.15, 0.2) is 0 Å². The molecular weight excluding hydrogens is 794 g/mol. The number of benzene rings is 4. The van der Waals surface area contributed by atoms with Crippen molar-refractivity contribution in [2.75, 3.05) is 14.2 Å². The second-order valence-corrected chi connectivity index (χ2v) is 14.5. The molecule has 2 aliphatic heterocycles. The summed E-state index contributed by atoms with van der Waals surface area (Å²) in [5.74, 6) is -6.16. The Bertz CT molecular complexity index is 2330. The van der Waals surface area contributed by atoms with Crippen LogP contribution in [0.2, 0.25) is 0 Å². The molecule has 0 radical (unpaired) electrons. The van der Waals surface area contributed by atoms with Crippen LogP contribution in [0, 0.1) is 0 Å². The van der Waals surface area contributed by atoms with Gasteiger partial charge in [-0.1, -0.05) is 12.1 Å². The number of carbonyl (C=O) groups is 4. The van der Waals surface area contributed by atoms with Crippen LogP contribution >= 0.6 is 0 Å². The van der Waals surface area contributed by atoms with Crippen LogP contribution in [0.4, 0.5) is 26.3 Å². The molecule has 0 fully saturated rings. The molecule has 2 aliphatic rings. The molecule has 0 spiro atoms. The summed E-state index contributed by atoms with van der Waals surface area (Å²) in [6, 6.07) is 9.96. The molecule has 22 heteroatoms. The maximum Gasteiger partial charge on any atom is 0.411 e. The lowest BCUT2D eigenvalue weighted by atomic mass is 9.71. The molecule has 0 bridgehead atoms. The van der Waals surface area contributed by atoms with Crippen molar-refractivity contribution in [2.24, 2.45) is 0 Å². The van der Waals surface area contributed by atoms with E-state index in [9.17, 15) is 36.0 Å². The van der Waals surface area contributed by atoms with Gasteiger partial charge in [-0.2, -0.15) is 43.2 Å². The number of amides is 4. The molecule has 6 rings (SSSR count). The molecule has 4 amide bonds. The van der Waals surface area contributed by atoms with Crippen molar-refractivity contribution in [3.63, 3.8) is 0 Å². The van der Waals surface area contributed by atoms with E-state index in [0.717, 1.165) is 24.3 Å². The molecule has 4 aromatic carbocycles. The molecule has 0 aliphatic carbocycles. The summed E-state index contributed by atoms with van der Waals surface area (Å²) in [6.45, 7) is 0. The van der Waals surface area contributed by atoms with E-state index in [1.807, 2.05) is 0 Å². The summed E-state index contributed by atoms with van der Waals surface area (Å²) in [6.07, 6.45) is -12.7. The Morgan fingerprint density at radius 3 is 1.07 bits per heavy atom. The highest BCUT2D eigenvalue weighted by atomic mass is 32.2. The predicted molar refractivity (Wildman–Crippen MR) is 169 cm³/mol. The Hall–Kier alpha value is -5.84. The van der Waals surface area contributed by atoms with Crippen LogP contribution < -0.4 is 9.47 Å². The fraction of sp³-hybridized carbons (Fsp3) is 0.152. The number of nitrogens with zero attached hydrogens (tertiary/aromatic N) is 2. The maximum atomic E-state index is 15.1. The molecule has 0 N–H and O–H groups in total. The molecule has 55 heavy (non-hydrogen) atoms. The number of alkyl halides is 6. The quantitative estimate of drug-likeness (QED) is 0.156. The molecule has 4 aromatic rings. The average Bonchev–Trinajstić information content (AvgIpc) is 3.49. The molecule has 0 saturated carbocycles. The van der Waals surface area contributed by atoms with Crippen molar-refractivity contribution in [3.8, 4) is 11.5 Å². The minimum atomic E-state index is -6.34. The Balaban J connectivity index is 1.39. The highest BCUT2D eigenvalue weighted by Crippen LogP contribution is 2.57. The van der Waals surface area contributed by atoms with E-state index < -0.39 is 105 Å². The maximum absolute atomic E-state index is 15.1. The molecular formula is C33H20F6N2O12S2. The summed E-state index contributed by atoms with van der Waals surface area (Å²) in [4.78, 5) is 51.2. The Labute approximate surface area is 305 Å². The molecule has 2 heterocycles. The Kier molecular flexibility index (Phi) is 9.31. The zero-order chi connectivity index (χ0) is 40.5. The van der Waals surface area contributed by atoms with Crippen molar-refractivity contribution >= 4 is 43.9 Å². The van der Waals surface area contributed by atoms with Crippen LogP contribution in [0.15, 0.2) is 94.7 Å². The molecule has 0 aromatic heterocycles. The lowest BCUT2D eigenvalue weighted by Gasteiger charge is -2.38. The lowest BCUT2D eigenvalue weighted by Crippen LogP contribution is -2.55. The number of carbonyl (C=O) groups excluding carboxylic acids is 4. The van der Waals surface area contributed by atoms with Gasteiger partial charge in [0, 0.05) is 0 Å². The van der Waals surface area contributed by atoms with Crippen LogP contribution in [0.5, 0.6) is 11.5 Å². The van der Waals surface area contributed by atoms with E-state index in [-0.39, 0.29) is 45.9 Å². The van der Waals surface area contributed by atoms with E-state index in [1.165, 1.54) is 38.5 Å². The minimum absolute atomic E-state index is 0.0664. The van der Waals surface area contributed by atoms with Gasteiger partial charge in [0.2, 0.25) is 5.41 Å².